The zero-order chi connectivity index (χ0) is 26.4. The predicted octanol–water partition coefficient (Wildman–Crippen LogP) is 4.29. The topological polar surface area (TPSA) is 110 Å². The first-order valence-corrected chi connectivity index (χ1v) is 14.0. The van der Waals surface area contributed by atoms with Crippen LogP contribution in [0, 0.1) is 6.92 Å². The normalized spacial score (nSPS) is 16.4. The molecule has 5 rings (SSSR count). The third kappa shape index (κ3) is 4.65. The zero-order valence-corrected chi connectivity index (χ0v) is 21.9. The van der Waals surface area contributed by atoms with Gasteiger partial charge in [0.15, 0.2) is 21.3 Å². The summed E-state index contributed by atoms with van der Waals surface area (Å²) in [6.07, 6.45) is 3.15. The van der Waals surface area contributed by atoms with Crippen LogP contribution in [0.2, 0.25) is 5.02 Å². The Balaban J connectivity index is 1.62. The average molecular weight is 537 g/mol. The minimum absolute atomic E-state index is 0.0360. The van der Waals surface area contributed by atoms with Crippen molar-refractivity contribution in [1.29, 1.82) is 0 Å². The van der Waals surface area contributed by atoms with Crippen molar-refractivity contribution < 1.29 is 18.0 Å². The molecule has 0 atom stereocenters. The molecule has 37 heavy (non-hydrogen) atoms. The second kappa shape index (κ2) is 9.39. The van der Waals surface area contributed by atoms with E-state index in [4.69, 9.17) is 11.6 Å². The SMILES string of the molecule is CC(=O)C1(NC(=O)c2cnn3c(-c4ccc(C)cc4)c(-c4ccccc4Cl)cnc23)CCS(=O)(=O)CC1. The van der Waals surface area contributed by atoms with Gasteiger partial charge < -0.3 is 5.32 Å². The fourth-order valence-electron chi connectivity index (χ4n) is 4.69. The largest absolute Gasteiger partial charge is 0.339 e. The number of benzene rings is 2. The minimum Gasteiger partial charge on any atom is -0.339 e. The number of nitrogens with one attached hydrogen (secondary N) is 1. The standard InChI is InChI=1S/C27H25ClN4O4S/c1-17-7-9-19(10-8-17)24-21(20-5-3-4-6-23(20)28)15-29-25-22(16-30-32(24)25)26(34)31-27(18(2)33)11-13-37(35,36)14-12-27/h3-10,15-16H,11-14H2,1-2H3,(H,31,34). The van der Waals surface area contributed by atoms with Crippen molar-refractivity contribution >= 4 is 38.8 Å². The van der Waals surface area contributed by atoms with Gasteiger partial charge in [0.05, 0.1) is 23.4 Å². The van der Waals surface area contributed by atoms with Gasteiger partial charge in [0, 0.05) is 27.9 Å². The summed E-state index contributed by atoms with van der Waals surface area (Å²) < 4.78 is 25.5. The average Bonchev–Trinajstić information content (AvgIpc) is 3.30. The number of aryl methyl sites for hydroxylation is 1. The highest BCUT2D eigenvalue weighted by atomic mass is 35.5. The first-order chi connectivity index (χ1) is 17.6. The molecule has 0 aliphatic carbocycles. The van der Waals surface area contributed by atoms with E-state index in [2.05, 4.69) is 15.4 Å². The van der Waals surface area contributed by atoms with Gasteiger partial charge in [-0.1, -0.05) is 59.6 Å². The summed E-state index contributed by atoms with van der Waals surface area (Å²) in [6.45, 7) is 3.37. The number of nitrogens with zero attached hydrogens (tertiary/aromatic N) is 3. The lowest BCUT2D eigenvalue weighted by atomic mass is 9.87. The Morgan fingerprint density at radius 1 is 1.00 bits per heavy atom. The molecule has 1 aliphatic rings. The summed E-state index contributed by atoms with van der Waals surface area (Å²) in [5.41, 5.74) is 3.44. The lowest BCUT2D eigenvalue weighted by molar-refractivity contribution is -0.123. The van der Waals surface area contributed by atoms with Crippen molar-refractivity contribution in [2.24, 2.45) is 0 Å². The quantitative estimate of drug-likeness (QED) is 0.407. The maximum absolute atomic E-state index is 13.4. The summed E-state index contributed by atoms with van der Waals surface area (Å²) in [7, 11) is -3.23. The van der Waals surface area contributed by atoms with Crippen LogP contribution in [-0.4, -0.2) is 51.8 Å². The minimum atomic E-state index is -3.23. The molecule has 1 N–H and O–H groups in total. The third-order valence-corrected chi connectivity index (χ3v) is 8.95. The van der Waals surface area contributed by atoms with Crippen LogP contribution in [0.4, 0.5) is 0 Å². The number of Topliss-reactive ketones (excluding diaryl/α,β-unsaturated/α-hetero) is 1. The molecule has 2 aromatic heterocycles. The van der Waals surface area contributed by atoms with E-state index in [9.17, 15) is 18.0 Å². The van der Waals surface area contributed by atoms with Crippen LogP contribution in [0.3, 0.4) is 0 Å². The highest BCUT2D eigenvalue weighted by Crippen LogP contribution is 2.36. The molecule has 1 fully saturated rings. The molecule has 0 spiro atoms. The van der Waals surface area contributed by atoms with Gasteiger partial charge in [-0.15, -0.1) is 0 Å². The molecule has 4 aromatic rings. The smallest absolute Gasteiger partial charge is 0.257 e. The fraction of sp³-hybridized carbons (Fsp3) is 0.259. The lowest BCUT2D eigenvalue weighted by Crippen LogP contribution is -2.57. The molecule has 1 amide bonds. The number of halogens is 1. The van der Waals surface area contributed by atoms with Crippen LogP contribution in [0.15, 0.2) is 60.9 Å². The molecule has 0 saturated carbocycles. The summed E-state index contributed by atoms with van der Waals surface area (Å²) in [4.78, 5) is 30.5. The molecule has 190 valence electrons. The Labute approximate surface area is 219 Å². The van der Waals surface area contributed by atoms with Crippen LogP contribution in [0.5, 0.6) is 0 Å². The number of ketones is 1. The van der Waals surface area contributed by atoms with Crippen molar-refractivity contribution in [1.82, 2.24) is 19.9 Å². The summed E-state index contributed by atoms with van der Waals surface area (Å²) in [6, 6.07) is 15.4. The Kier molecular flexibility index (Phi) is 6.37. The second-order valence-corrected chi connectivity index (χ2v) is 12.1. The number of carbonyl (C=O) groups is 2. The molecule has 10 heteroatoms. The molecule has 2 aromatic carbocycles. The summed E-state index contributed by atoms with van der Waals surface area (Å²) in [5.74, 6) is -1.11. The highest BCUT2D eigenvalue weighted by molar-refractivity contribution is 7.91. The maximum atomic E-state index is 13.4. The van der Waals surface area contributed by atoms with Crippen molar-refractivity contribution in [2.45, 2.75) is 32.2 Å². The Morgan fingerprint density at radius 2 is 1.68 bits per heavy atom. The molecule has 0 bridgehead atoms. The van der Waals surface area contributed by atoms with Crippen LogP contribution < -0.4 is 5.32 Å². The van der Waals surface area contributed by atoms with E-state index >= 15 is 0 Å². The highest BCUT2D eigenvalue weighted by Gasteiger charge is 2.43. The fourth-order valence-corrected chi connectivity index (χ4v) is 6.45. The number of carbonyl (C=O) groups excluding carboxylic acids is 2. The molecule has 1 aliphatic heterocycles. The Hall–Kier alpha value is -3.56. The van der Waals surface area contributed by atoms with E-state index in [-0.39, 0.29) is 35.7 Å². The number of hydrogen-bond donors (Lipinski definition) is 1. The van der Waals surface area contributed by atoms with Gasteiger partial charge in [-0.05, 0) is 32.8 Å². The van der Waals surface area contributed by atoms with Crippen molar-refractivity contribution in [2.75, 3.05) is 11.5 Å². The van der Waals surface area contributed by atoms with Gasteiger partial charge >= 0.3 is 0 Å². The Morgan fingerprint density at radius 3 is 2.32 bits per heavy atom. The van der Waals surface area contributed by atoms with Crippen LogP contribution in [0.25, 0.3) is 28.0 Å². The number of amides is 1. The van der Waals surface area contributed by atoms with Crippen molar-refractivity contribution in [3.8, 4) is 22.4 Å². The predicted molar refractivity (Wildman–Crippen MR) is 142 cm³/mol. The number of sulfone groups is 1. The van der Waals surface area contributed by atoms with E-state index in [1.54, 1.807) is 16.8 Å². The van der Waals surface area contributed by atoms with Gasteiger partial charge in [0.1, 0.15) is 11.1 Å². The van der Waals surface area contributed by atoms with Gasteiger partial charge in [-0.3, -0.25) is 9.59 Å². The number of fused-ring (bicyclic) bond motifs is 1. The lowest BCUT2D eigenvalue weighted by Gasteiger charge is -2.35. The molecular formula is C27H25ClN4O4S. The molecular weight excluding hydrogens is 512 g/mol. The number of hydrogen-bond acceptors (Lipinski definition) is 6. The van der Waals surface area contributed by atoms with Gasteiger partial charge in [-0.2, -0.15) is 5.10 Å². The van der Waals surface area contributed by atoms with Gasteiger partial charge in [-0.25, -0.2) is 17.9 Å². The number of rotatable bonds is 5. The molecule has 0 radical (unpaired) electrons. The van der Waals surface area contributed by atoms with Crippen LogP contribution in [-0.2, 0) is 14.6 Å². The molecule has 1 saturated heterocycles. The first-order valence-electron chi connectivity index (χ1n) is 11.8. The Bertz CT molecular complexity index is 1630. The van der Waals surface area contributed by atoms with Gasteiger partial charge in [0.2, 0.25) is 0 Å². The summed E-state index contributed by atoms with van der Waals surface area (Å²) >= 11 is 6.53. The van der Waals surface area contributed by atoms with E-state index in [0.717, 1.165) is 22.3 Å². The van der Waals surface area contributed by atoms with Crippen LogP contribution >= 0.6 is 11.6 Å². The molecule has 0 unspecified atom stereocenters. The van der Waals surface area contributed by atoms with E-state index in [1.165, 1.54) is 13.1 Å². The monoisotopic (exact) mass is 536 g/mol. The molecule has 3 heterocycles. The first kappa shape index (κ1) is 25.1. The number of aromatic nitrogens is 3. The van der Waals surface area contributed by atoms with E-state index in [0.29, 0.717) is 16.4 Å². The van der Waals surface area contributed by atoms with E-state index < -0.39 is 21.3 Å². The van der Waals surface area contributed by atoms with Crippen LogP contribution in [0.1, 0.15) is 35.7 Å². The second-order valence-electron chi connectivity index (χ2n) is 9.40. The zero-order valence-electron chi connectivity index (χ0n) is 20.4. The van der Waals surface area contributed by atoms with E-state index in [1.807, 2.05) is 49.4 Å². The van der Waals surface area contributed by atoms with Crippen molar-refractivity contribution in [3.63, 3.8) is 0 Å². The maximum Gasteiger partial charge on any atom is 0.257 e. The summed E-state index contributed by atoms with van der Waals surface area (Å²) in [5, 5.41) is 7.88. The van der Waals surface area contributed by atoms with Crippen molar-refractivity contribution in [3.05, 3.63) is 77.1 Å². The van der Waals surface area contributed by atoms with Gasteiger partial charge in [0.25, 0.3) is 5.91 Å². The third-order valence-electron chi connectivity index (χ3n) is 6.97. The molecule has 8 nitrogen and oxygen atoms in total.